The number of phenols is 1. The van der Waals surface area contributed by atoms with Crippen molar-refractivity contribution in [3.8, 4) is 11.5 Å². The van der Waals surface area contributed by atoms with Crippen molar-refractivity contribution >= 4 is 28.0 Å². The predicted molar refractivity (Wildman–Crippen MR) is 109 cm³/mol. The summed E-state index contributed by atoms with van der Waals surface area (Å²) in [5.41, 5.74) is -1.57. The lowest BCUT2D eigenvalue weighted by Gasteiger charge is -2.36. The zero-order chi connectivity index (χ0) is 24.4. The summed E-state index contributed by atoms with van der Waals surface area (Å²) in [5.74, 6) is -9.20. The summed E-state index contributed by atoms with van der Waals surface area (Å²) in [6.07, 6.45) is -2.93. The van der Waals surface area contributed by atoms with Crippen LogP contribution >= 0.6 is 15.9 Å². The lowest BCUT2D eigenvalue weighted by atomic mass is 9.97. The number of ether oxygens (including phenoxy) is 3. The van der Waals surface area contributed by atoms with E-state index in [4.69, 9.17) is 14.2 Å². The van der Waals surface area contributed by atoms with E-state index in [2.05, 4.69) is 15.9 Å². The van der Waals surface area contributed by atoms with Crippen molar-refractivity contribution in [2.24, 2.45) is 11.3 Å². The maximum Gasteiger partial charge on any atom is 0.414 e. The topological polar surface area (TPSA) is 175 Å². The molecule has 0 aliphatic rings. The fraction of sp³-hybridized carbons (Fsp3) is 0.579. The third-order valence-corrected chi connectivity index (χ3v) is 4.65. The zero-order valence-electron chi connectivity index (χ0n) is 18.0. The van der Waals surface area contributed by atoms with E-state index >= 15 is 0 Å². The highest BCUT2D eigenvalue weighted by Crippen LogP contribution is 2.39. The number of methoxy groups -OCH3 is 1. The summed E-state index contributed by atoms with van der Waals surface area (Å²) in [5, 5.41) is 52.4. The van der Waals surface area contributed by atoms with E-state index < -0.39 is 52.7 Å². The molecule has 0 heterocycles. The normalized spacial score (nSPS) is 13.5. The second-order valence-electron chi connectivity index (χ2n) is 8.15. The molecule has 0 aliphatic carbocycles. The van der Waals surface area contributed by atoms with Crippen molar-refractivity contribution in [3.05, 3.63) is 22.2 Å². The minimum absolute atomic E-state index is 0.123. The van der Waals surface area contributed by atoms with Crippen LogP contribution in [0.2, 0.25) is 0 Å². The number of hydrogen-bond donors (Lipinski definition) is 6. The number of aromatic hydroxyl groups is 1. The number of amides is 1. The zero-order valence-corrected chi connectivity index (χ0v) is 19.6. The summed E-state index contributed by atoms with van der Waals surface area (Å²) in [4.78, 5) is 24.3. The van der Waals surface area contributed by atoms with Crippen LogP contribution in [-0.2, 0) is 20.1 Å². The molecule has 1 atom stereocenters. The van der Waals surface area contributed by atoms with Crippen LogP contribution in [0.3, 0.4) is 0 Å². The molecule has 1 amide bonds. The largest absolute Gasteiger partial charge is 0.507 e. The van der Waals surface area contributed by atoms with Crippen LogP contribution in [0.1, 0.15) is 40.2 Å². The van der Waals surface area contributed by atoms with Crippen molar-refractivity contribution in [1.82, 2.24) is 5.32 Å². The number of aliphatic hydroxyl groups is 4. The van der Waals surface area contributed by atoms with E-state index in [0.29, 0.717) is 0 Å². The molecule has 0 spiro atoms. The maximum absolute atomic E-state index is 12.2. The first-order valence-corrected chi connectivity index (χ1v) is 9.89. The van der Waals surface area contributed by atoms with Crippen LogP contribution in [0.25, 0.3) is 0 Å². The van der Waals surface area contributed by atoms with Gasteiger partial charge in [-0.3, -0.25) is 10.1 Å². The quantitative estimate of drug-likeness (QED) is 0.231. The molecule has 1 rings (SSSR count). The van der Waals surface area contributed by atoms with Crippen molar-refractivity contribution in [3.63, 3.8) is 0 Å². The molecular formula is C19H28BrNO10. The number of alkyl carbamates (subject to hydrolysis) is 1. The highest BCUT2D eigenvalue weighted by molar-refractivity contribution is 9.10. The summed E-state index contributed by atoms with van der Waals surface area (Å²) >= 11 is 3.00. The molecule has 1 aromatic rings. The average Bonchev–Trinajstić information content (AvgIpc) is 2.61. The lowest BCUT2D eigenvalue weighted by Crippen LogP contribution is -2.63. The Morgan fingerprint density at radius 3 is 2.06 bits per heavy atom. The highest BCUT2D eigenvalue weighted by Gasteiger charge is 2.53. The molecule has 31 heavy (non-hydrogen) atoms. The Morgan fingerprint density at radius 1 is 1.06 bits per heavy atom. The van der Waals surface area contributed by atoms with Gasteiger partial charge in [0.05, 0.1) is 22.6 Å². The molecule has 0 saturated heterocycles. The van der Waals surface area contributed by atoms with Crippen molar-refractivity contribution < 1.29 is 49.3 Å². The Labute approximate surface area is 187 Å². The summed E-state index contributed by atoms with van der Waals surface area (Å²) in [6.45, 7) is 7.93. The van der Waals surface area contributed by atoms with Gasteiger partial charge in [-0.25, -0.2) is 4.79 Å². The molecular weight excluding hydrogens is 482 g/mol. The van der Waals surface area contributed by atoms with Gasteiger partial charge < -0.3 is 39.7 Å². The van der Waals surface area contributed by atoms with Gasteiger partial charge in [-0.2, -0.15) is 0 Å². The number of nitrogens with one attached hydrogen (secondary N) is 1. The molecule has 0 saturated carbocycles. The second-order valence-corrected chi connectivity index (χ2v) is 9.00. The standard InChI is InChI=1S/C19H28BrNO10/c1-9(2)14(30-15(23)17(3,4)5)31-16(24)21-19(27,28)18(25,26)10-7-12(22)11(20)8-13(10)29-6/h7-9,14,22,25-28H,1-6H3,(H,21,24). The molecule has 0 bridgehead atoms. The van der Waals surface area contributed by atoms with Crippen LogP contribution in [-0.4, -0.2) is 56.9 Å². The third kappa shape index (κ3) is 6.43. The van der Waals surface area contributed by atoms with Gasteiger partial charge in [0.25, 0.3) is 12.1 Å². The molecule has 176 valence electrons. The Morgan fingerprint density at radius 2 is 1.61 bits per heavy atom. The van der Waals surface area contributed by atoms with E-state index in [1.54, 1.807) is 34.6 Å². The van der Waals surface area contributed by atoms with E-state index in [9.17, 15) is 35.1 Å². The van der Waals surface area contributed by atoms with Gasteiger partial charge in [-0.1, -0.05) is 13.8 Å². The Hall–Kier alpha value is -2.12. The number of halogens is 1. The van der Waals surface area contributed by atoms with Gasteiger partial charge in [-0.15, -0.1) is 0 Å². The summed E-state index contributed by atoms with van der Waals surface area (Å²) in [6, 6.07) is 1.93. The maximum atomic E-state index is 12.2. The molecule has 0 aliphatic heterocycles. The molecule has 12 heteroatoms. The van der Waals surface area contributed by atoms with Gasteiger partial charge in [-0.05, 0) is 48.8 Å². The fourth-order valence-electron chi connectivity index (χ4n) is 2.12. The van der Waals surface area contributed by atoms with E-state index in [1.807, 2.05) is 0 Å². The van der Waals surface area contributed by atoms with Crippen molar-refractivity contribution in [2.75, 3.05) is 7.11 Å². The number of carbonyl (C=O) groups is 2. The van der Waals surface area contributed by atoms with Crippen LogP contribution in [0.4, 0.5) is 4.79 Å². The van der Waals surface area contributed by atoms with E-state index in [-0.39, 0.29) is 10.2 Å². The predicted octanol–water partition coefficient (Wildman–Crippen LogP) is 1.24. The van der Waals surface area contributed by atoms with Crippen LogP contribution in [0, 0.1) is 11.3 Å². The SMILES string of the molecule is COc1cc(Br)c(O)cc1C(O)(O)C(O)(O)NC(=O)OC(OC(=O)C(C)(C)C)C(C)C. The fourth-order valence-corrected chi connectivity index (χ4v) is 2.44. The Kier molecular flexibility index (Phi) is 8.31. The smallest absolute Gasteiger partial charge is 0.414 e. The van der Waals surface area contributed by atoms with Crippen molar-refractivity contribution in [1.29, 1.82) is 0 Å². The molecule has 0 radical (unpaired) electrons. The Bertz CT molecular complexity index is 817. The number of esters is 1. The first-order valence-electron chi connectivity index (χ1n) is 9.10. The molecule has 0 fully saturated rings. The van der Waals surface area contributed by atoms with Gasteiger partial charge in [0.15, 0.2) is 0 Å². The molecule has 11 nitrogen and oxygen atoms in total. The first kappa shape index (κ1) is 26.9. The third-order valence-electron chi connectivity index (χ3n) is 4.01. The minimum Gasteiger partial charge on any atom is -0.507 e. The first-order chi connectivity index (χ1) is 13.9. The molecule has 0 aromatic heterocycles. The van der Waals surface area contributed by atoms with Gasteiger partial charge in [0.1, 0.15) is 11.5 Å². The Balaban J connectivity index is 3.10. The van der Waals surface area contributed by atoms with Crippen LogP contribution < -0.4 is 10.1 Å². The van der Waals surface area contributed by atoms with Gasteiger partial charge in [0, 0.05) is 5.92 Å². The highest BCUT2D eigenvalue weighted by atomic mass is 79.9. The summed E-state index contributed by atoms with van der Waals surface area (Å²) in [7, 11) is 1.16. The monoisotopic (exact) mass is 509 g/mol. The van der Waals surface area contributed by atoms with E-state index in [1.165, 1.54) is 5.32 Å². The summed E-state index contributed by atoms with van der Waals surface area (Å²) < 4.78 is 15.1. The van der Waals surface area contributed by atoms with Crippen LogP contribution in [0.5, 0.6) is 11.5 Å². The molecule has 6 N–H and O–H groups in total. The lowest BCUT2D eigenvalue weighted by molar-refractivity contribution is -0.375. The number of benzene rings is 1. The average molecular weight is 510 g/mol. The van der Waals surface area contributed by atoms with Crippen molar-refractivity contribution in [2.45, 2.75) is 52.6 Å². The van der Waals surface area contributed by atoms with Crippen LogP contribution in [0.15, 0.2) is 16.6 Å². The molecule has 1 aromatic carbocycles. The number of carbonyl (C=O) groups excluding carboxylic acids is 2. The van der Waals surface area contributed by atoms with Gasteiger partial charge >= 0.3 is 18.0 Å². The minimum atomic E-state index is -3.72. The number of phenolic OH excluding ortho intramolecular Hbond substituents is 1. The number of rotatable bonds is 7. The van der Waals surface area contributed by atoms with Gasteiger partial charge in [0.2, 0.25) is 0 Å². The molecule has 1 unspecified atom stereocenters. The number of hydrogen-bond acceptors (Lipinski definition) is 10. The second kappa shape index (κ2) is 9.57. The van der Waals surface area contributed by atoms with E-state index in [0.717, 1.165) is 19.2 Å².